The maximum atomic E-state index is 12.7. The summed E-state index contributed by atoms with van der Waals surface area (Å²) in [4.78, 5) is 22.0. The largest absolute Gasteiger partial charge is 0.309 e. The number of pyridine rings is 1. The van der Waals surface area contributed by atoms with Crippen molar-refractivity contribution in [3.05, 3.63) is 38.4 Å². The Morgan fingerprint density at radius 3 is 2.85 bits per heavy atom. The van der Waals surface area contributed by atoms with Crippen LogP contribution in [-0.4, -0.2) is 28.0 Å². The highest BCUT2D eigenvalue weighted by atomic mass is 79.9. The van der Waals surface area contributed by atoms with Crippen LogP contribution in [0.25, 0.3) is 0 Å². The number of carbonyl (C=O) groups is 1. The molecule has 0 bridgehead atoms. The Balaban J connectivity index is 1.41. The first-order valence-electron chi connectivity index (χ1n) is 9.31. The fourth-order valence-corrected chi connectivity index (χ4v) is 5.31. The van der Waals surface area contributed by atoms with Crippen LogP contribution in [0.1, 0.15) is 49.9 Å². The lowest BCUT2D eigenvalue weighted by atomic mass is 9.93. The molecular weight excluding hydrogens is 424 g/mol. The maximum Gasteiger partial charge on any atom is 0.242 e. The fourth-order valence-electron chi connectivity index (χ4n) is 3.83. The van der Waals surface area contributed by atoms with Crippen molar-refractivity contribution in [2.24, 2.45) is 5.41 Å². The zero-order valence-electron chi connectivity index (χ0n) is 16.1. The van der Waals surface area contributed by atoms with Crippen LogP contribution in [0.5, 0.6) is 0 Å². The number of aryl methyl sites for hydroxylation is 1. The van der Waals surface area contributed by atoms with Gasteiger partial charge in [0.25, 0.3) is 0 Å². The molecule has 5 nitrogen and oxygen atoms in total. The van der Waals surface area contributed by atoms with Gasteiger partial charge in [0.1, 0.15) is 10.4 Å². The van der Waals surface area contributed by atoms with Gasteiger partial charge in [0.15, 0.2) is 0 Å². The van der Waals surface area contributed by atoms with Crippen LogP contribution in [0, 0.1) is 12.3 Å². The molecule has 2 N–H and O–H groups in total. The molecule has 27 heavy (non-hydrogen) atoms. The van der Waals surface area contributed by atoms with Gasteiger partial charge < -0.3 is 10.6 Å². The van der Waals surface area contributed by atoms with Crippen molar-refractivity contribution in [3.8, 4) is 0 Å². The number of hydrogen-bond acceptors (Lipinski definition) is 5. The predicted octanol–water partition coefficient (Wildman–Crippen LogP) is 4.21. The Morgan fingerprint density at radius 1 is 1.37 bits per heavy atom. The van der Waals surface area contributed by atoms with E-state index in [1.807, 2.05) is 19.1 Å². The van der Waals surface area contributed by atoms with E-state index in [0.717, 1.165) is 35.1 Å². The number of aromatic nitrogens is 2. The summed E-state index contributed by atoms with van der Waals surface area (Å²) in [6, 6.07) is 4.09. The monoisotopic (exact) mass is 448 g/mol. The van der Waals surface area contributed by atoms with E-state index in [0.29, 0.717) is 11.9 Å². The van der Waals surface area contributed by atoms with E-state index in [1.54, 1.807) is 11.3 Å². The molecule has 4 rings (SSSR count). The van der Waals surface area contributed by atoms with Gasteiger partial charge in [-0.25, -0.2) is 9.97 Å². The summed E-state index contributed by atoms with van der Waals surface area (Å²) in [6.07, 6.45) is 2.96. The number of amides is 1. The van der Waals surface area contributed by atoms with E-state index in [2.05, 4.69) is 57.7 Å². The number of thiazole rings is 1. The molecule has 1 saturated carbocycles. The average molecular weight is 449 g/mol. The zero-order chi connectivity index (χ0) is 19.4. The van der Waals surface area contributed by atoms with Crippen LogP contribution in [0.2, 0.25) is 0 Å². The minimum Gasteiger partial charge on any atom is -0.309 e. The smallest absolute Gasteiger partial charge is 0.242 e. The van der Waals surface area contributed by atoms with Crippen molar-refractivity contribution in [1.82, 2.24) is 15.3 Å². The molecule has 144 valence electrons. The van der Waals surface area contributed by atoms with Crippen molar-refractivity contribution in [2.45, 2.75) is 64.5 Å². The zero-order valence-corrected chi connectivity index (χ0v) is 18.5. The summed E-state index contributed by atoms with van der Waals surface area (Å²) in [5, 5.41) is 9.86. The molecule has 0 radical (unpaired) electrons. The first kappa shape index (κ1) is 19.0. The fraction of sp³-hybridized carbons (Fsp3) is 0.550. The molecule has 0 unspecified atom stereocenters. The molecule has 1 aliphatic carbocycles. The molecule has 2 aromatic rings. The standard InChI is InChI=1S/C20H25BrN4OS/c1-11-5-6-15(21)24-17(11)25-18(26)12-7-20(8-13(20)22-12)9-16-23-14(10-27-16)19(2,3)4/h5-6,10,12-13,22H,7-9H2,1-4H3,(H,24,25,26)/t12-,13+,20-/m0/s1. The van der Waals surface area contributed by atoms with Gasteiger partial charge in [-0.2, -0.15) is 0 Å². The molecule has 1 amide bonds. The molecule has 2 fully saturated rings. The second kappa shape index (κ2) is 6.64. The second-order valence-electron chi connectivity index (χ2n) is 8.88. The Kier molecular flexibility index (Phi) is 4.68. The van der Waals surface area contributed by atoms with Gasteiger partial charge >= 0.3 is 0 Å². The molecule has 0 aromatic carbocycles. The van der Waals surface area contributed by atoms with Crippen molar-refractivity contribution < 1.29 is 4.79 Å². The molecule has 2 aromatic heterocycles. The van der Waals surface area contributed by atoms with Crippen LogP contribution in [0.4, 0.5) is 5.82 Å². The third-order valence-corrected chi connectivity index (χ3v) is 6.94. The van der Waals surface area contributed by atoms with Crippen molar-refractivity contribution in [1.29, 1.82) is 0 Å². The number of carbonyl (C=O) groups excluding carboxylic acids is 1. The first-order valence-corrected chi connectivity index (χ1v) is 11.0. The summed E-state index contributed by atoms with van der Waals surface area (Å²) >= 11 is 5.11. The highest BCUT2D eigenvalue weighted by molar-refractivity contribution is 9.10. The summed E-state index contributed by atoms with van der Waals surface area (Å²) < 4.78 is 0.723. The Morgan fingerprint density at radius 2 is 2.15 bits per heavy atom. The maximum absolute atomic E-state index is 12.7. The lowest BCUT2D eigenvalue weighted by Crippen LogP contribution is -2.38. The molecule has 3 heterocycles. The number of anilines is 1. The van der Waals surface area contributed by atoms with Crippen LogP contribution >= 0.6 is 27.3 Å². The van der Waals surface area contributed by atoms with Gasteiger partial charge in [-0.1, -0.05) is 26.8 Å². The number of halogens is 1. The van der Waals surface area contributed by atoms with Gasteiger partial charge in [0.05, 0.1) is 16.7 Å². The van der Waals surface area contributed by atoms with Gasteiger partial charge in [0.2, 0.25) is 5.91 Å². The summed E-state index contributed by atoms with van der Waals surface area (Å²) in [5.41, 5.74) is 2.39. The Bertz CT molecular complexity index is 890. The topological polar surface area (TPSA) is 66.9 Å². The summed E-state index contributed by atoms with van der Waals surface area (Å²) in [6.45, 7) is 8.53. The van der Waals surface area contributed by atoms with Crippen LogP contribution < -0.4 is 10.6 Å². The van der Waals surface area contributed by atoms with Gasteiger partial charge in [-0.3, -0.25) is 4.79 Å². The van der Waals surface area contributed by atoms with E-state index < -0.39 is 0 Å². The number of hydrogen-bond donors (Lipinski definition) is 2. The van der Waals surface area contributed by atoms with Crippen LogP contribution in [0.3, 0.4) is 0 Å². The summed E-state index contributed by atoms with van der Waals surface area (Å²) in [5.74, 6) is 0.630. The third kappa shape index (κ3) is 3.82. The Hall–Kier alpha value is -1.31. The van der Waals surface area contributed by atoms with Gasteiger partial charge in [-0.05, 0) is 52.7 Å². The highest BCUT2D eigenvalue weighted by Crippen LogP contribution is 2.56. The van der Waals surface area contributed by atoms with E-state index in [4.69, 9.17) is 4.98 Å². The second-order valence-corrected chi connectivity index (χ2v) is 10.6. The molecule has 1 aliphatic heterocycles. The number of nitrogens with one attached hydrogen (secondary N) is 2. The van der Waals surface area contributed by atoms with Crippen LogP contribution in [-0.2, 0) is 16.6 Å². The molecule has 7 heteroatoms. The third-order valence-electron chi connectivity index (χ3n) is 5.65. The SMILES string of the molecule is Cc1ccc(Br)nc1NC(=O)[C@@H]1C[C@@]2(Cc3nc(C(C)(C)C)cs3)C[C@H]2N1. The number of piperidine rings is 1. The number of fused-ring (bicyclic) bond motifs is 1. The summed E-state index contributed by atoms with van der Waals surface area (Å²) in [7, 11) is 0. The Labute approximate surface area is 172 Å². The normalized spacial score (nSPS) is 26.7. The predicted molar refractivity (Wildman–Crippen MR) is 112 cm³/mol. The van der Waals surface area contributed by atoms with E-state index in [-0.39, 0.29) is 22.8 Å². The molecular formula is C20H25BrN4OS. The van der Waals surface area contributed by atoms with Gasteiger partial charge in [-0.15, -0.1) is 11.3 Å². The van der Waals surface area contributed by atoms with E-state index in [9.17, 15) is 4.79 Å². The average Bonchev–Trinajstić information content (AvgIpc) is 2.94. The minimum atomic E-state index is -0.161. The first-order chi connectivity index (χ1) is 12.7. The number of nitrogens with zero attached hydrogens (tertiary/aromatic N) is 2. The lowest BCUT2D eigenvalue weighted by molar-refractivity contribution is -0.118. The van der Waals surface area contributed by atoms with Crippen molar-refractivity contribution >= 4 is 39.0 Å². The van der Waals surface area contributed by atoms with Gasteiger partial charge in [0, 0.05) is 23.3 Å². The molecule has 2 aliphatic rings. The molecule has 3 atom stereocenters. The highest BCUT2D eigenvalue weighted by Gasteiger charge is 2.61. The van der Waals surface area contributed by atoms with E-state index in [1.165, 1.54) is 5.01 Å². The molecule has 1 saturated heterocycles. The van der Waals surface area contributed by atoms with Crippen molar-refractivity contribution in [2.75, 3.05) is 5.32 Å². The van der Waals surface area contributed by atoms with Crippen molar-refractivity contribution in [3.63, 3.8) is 0 Å². The quantitative estimate of drug-likeness (QED) is 0.687. The molecule has 0 spiro atoms. The minimum absolute atomic E-state index is 0.00444. The van der Waals surface area contributed by atoms with Crippen LogP contribution in [0.15, 0.2) is 22.1 Å². The van der Waals surface area contributed by atoms with E-state index >= 15 is 0 Å². The number of rotatable bonds is 4. The lowest BCUT2D eigenvalue weighted by Gasteiger charge is -2.16.